The fourth-order valence-electron chi connectivity index (χ4n) is 8.01. The zero-order valence-corrected chi connectivity index (χ0v) is 33.0. The van der Waals surface area contributed by atoms with E-state index in [0.717, 1.165) is 75.4 Å². The largest absolute Gasteiger partial charge is 0.507 e. The number of hydrogen-bond donors (Lipinski definition) is 5. The summed E-state index contributed by atoms with van der Waals surface area (Å²) in [6.07, 6.45) is 14.7. The van der Waals surface area contributed by atoms with Crippen LogP contribution in [0.3, 0.4) is 0 Å². The minimum atomic E-state index is -1.15. The van der Waals surface area contributed by atoms with Crippen molar-refractivity contribution in [2.45, 2.75) is 130 Å². The Balaban J connectivity index is 0.000000286. The number of hydrogen-bond acceptors (Lipinski definition) is 7. The van der Waals surface area contributed by atoms with Crippen LogP contribution in [0.15, 0.2) is 59.7 Å². The minimum Gasteiger partial charge on any atom is -0.507 e. The molecule has 4 rings (SSSR count). The summed E-state index contributed by atoms with van der Waals surface area (Å²) in [6.45, 7) is 20.3. The number of allylic oxidation sites excluding steroid dienone is 6. The van der Waals surface area contributed by atoms with Gasteiger partial charge in [-0.3, -0.25) is 0 Å². The van der Waals surface area contributed by atoms with Gasteiger partial charge in [-0.15, -0.1) is 0 Å². The SMILES string of the molecule is C=C(C)[C@@H]1CCC(C)=C[C@H]1c1c(O)cc(CCCCC)c(C(=O)O)c1O.C=C(C)[C@@H]1CCC(C)=C[C@H]1c1c(O)cc(CCCCC)c(C(=O)OC)c1O. The van der Waals surface area contributed by atoms with Crippen molar-refractivity contribution in [3.8, 4) is 23.0 Å². The maximum Gasteiger partial charge on any atom is 0.341 e. The van der Waals surface area contributed by atoms with E-state index in [1.165, 1.54) is 24.3 Å². The Kier molecular flexibility index (Phi) is 15.9. The zero-order valence-electron chi connectivity index (χ0n) is 33.0. The summed E-state index contributed by atoms with van der Waals surface area (Å²) >= 11 is 0. The summed E-state index contributed by atoms with van der Waals surface area (Å²) in [5.41, 5.74) is 6.32. The van der Waals surface area contributed by atoms with Gasteiger partial charge >= 0.3 is 11.9 Å². The normalized spacial score (nSPS) is 19.7. The third-order valence-electron chi connectivity index (χ3n) is 10.9. The molecule has 0 bridgehead atoms. The number of carbonyl (C=O) groups is 2. The number of carboxylic acid groups (broad SMARTS) is 1. The lowest BCUT2D eigenvalue weighted by Crippen LogP contribution is -2.18. The Morgan fingerprint density at radius 2 is 1.11 bits per heavy atom. The molecular formula is C45H62O8. The maximum atomic E-state index is 12.4. The topological polar surface area (TPSA) is 145 Å². The molecule has 0 saturated carbocycles. The van der Waals surface area contributed by atoms with Gasteiger partial charge in [0.1, 0.15) is 34.1 Å². The molecule has 0 fully saturated rings. The number of ether oxygens (including phenoxy) is 1. The van der Waals surface area contributed by atoms with Crippen LogP contribution in [0.2, 0.25) is 0 Å². The number of aryl methyl sites for hydroxylation is 2. The van der Waals surface area contributed by atoms with Gasteiger partial charge in [-0.05, 0) is 114 Å². The first-order chi connectivity index (χ1) is 25.1. The average molecular weight is 731 g/mol. The molecule has 0 aromatic heterocycles. The summed E-state index contributed by atoms with van der Waals surface area (Å²) in [6, 6.07) is 3.16. The number of aromatic hydroxyl groups is 4. The van der Waals surface area contributed by atoms with Crippen LogP contribution in [0.25, 0.3) is 0 Å². The first kappa shape index (κ1) is 42.9. The number of esters is 1. The molecule has 0 saturated heterocycles. The average Bonchev–Trinajstić information content (AvgIpc) is 3.08. The molecule has 2 aliphatic rings. The highest BCUT2D eigenvalue weighted by Crippen LogP contribution is 2.49. The molecule has 4 atom stereocenters. The molecule has 290 valence electrons. The maximum absolute atomic E-state index is 12.4. The Labute approximate surface area is 316 Å². The number of methoxy groups -OCH3 is 1. The quantitative estimate of drug-likeness (QED) is 0.0734. The second kappa shape index (κ2) is 19.6. The van der Waals surface area contributed by atoms with E-state index in [4.69, 9.17) is 4.74 Å². The van der Waals surface area contributed by atoms with E-state index in [1.807, 2.05) is 26.8 Å². The van der Waals surface area contributed by atoms with Crippen molar-refractivity contribution in [3.63, 3.8) is 0 Å². The molecular weight excluding hydrogens is 668 g/mol. The molecule has 2 aromatic rings. The van der Waals surface area contributed by atoms with Gasteiger partial charge in [0.15, 0.2) is 0 Å². The van der Waals surface area contributed by atoms with Crippen LogP contribution in [-0.2, 0) is 17.6 Å². The minimum absolute atomic E-state index is 0.0267. The van der Waals surface area contributed by atoms with Gasteiger partial charge in [0.25, 0.3) is 0 Å². The molecule has 0 spiro atoms. The van der Waals surface area contributed by atoms with E-state index in [-0.39, 0.29) is 57.8 Å². The fourth-order valence-corrected chi connectivity index (χ4v) is 8.01. The van der Waals surface area contributed by atoms with Crippen molar-refractivity contribution in [2.75, 3.05) is 7.11 Å². The molecule has 53 heavy (non-hydrogen) atoms. The molecule has 0 radical (unpaired) electrons. The summed E-state index contributed by atoms with van der Waals surface area (Å²) in [5.74, 6) is -2.45. The molecule has 2 aliphatic carbocycles. The highest BCUT2D eigenvalue weighted by Gasteiger charge is 2.34. The lowest BCUT2D eigenvalue weighted by Gasteiger charge is -2.32. The summed E-state index contributed by atoms with van der Waals surface area (Å²) in [5, 5.41) is 52.9. The van der Waals surface area contributed by atoms with Gasteiger partial charge in [-0.25, -0.2) is 9.59 Å². The van der Waals surface area contributed by atoms with E-state index in [1.54, 1.807) is 6.07 Å². The Hall–Kier alpha value is -4.46. The van der Waals surface area contributed by atoms with Gasteiger partial charge in [0.2, 0.25) is 0 Å². The van der Waals surface area contributed by atoms with Crippen molar-refractivity contribution in [2.24, 2.45) is 11.8 Å². The van der Waals surface area contributed by atoms with Crippen LogP contribution < -0.4 is 0 Å². The number of unbranched alkanes of at least 4 members (excludes halogenated alkanes) is 4. The third-order valence-corrected chi connectivity index (χ3v) is 10.9. The van der Waals surface area contributed by atoms with Crippen LogP contribution in [-0.4, -0.2) is 44.6 Å². The van der Waals surface area contributed by atoms with Crippen molar-refractivity contribution >= 4 is 11.9 Å². The Morgan fingerprint density at radius 1 is 0.717 bits per heavy atom. The smallest absolute Gasteiger partial charge is 0.341 e. The Bertz CT molecular complexity index is 1730. The molecule has 0 aliphatic heterocycles. The zero-order chi connectivity index (χ0) is 39.6. The van der Waals surface area contributed by atoms with Crippen LogP contribution in [0, 0.1) is 11.8 Å². The summed E-state index contributed by atoms with van der Waals surface area (Å²) < 4.78 is 4.93. The van der Waals surface area contributed by atoms with Gasteiger partial charge < -0.3 is 30.3 Å². The van der Waals surface area contributed by atoms with Crippen molar-refractivity contribution in [1.29, 1.82) is 0 Å². The first-order valence-corrected chi connectivity index (χ1v) is 19.2. The lowest BCUT2D eigenvalue weighted by molar-refractivity contribution is 0.0594. The van der Waals surface area contributed by atoms with Gasteiger partial charge in [-0.2, -0.15) is 0 Å². The predicted molar refractivity (Wildman–Crippen MR) is 212 cm³/mol. The van der Waals surface area contributed by atoms with Crippen LogP contribution in [0.5, 0.6) is 23.0 Å². The highest BCUT2D eigenvalue weighted by molar-refractivity contribution is 5.95. The molecule has 2 aromatic carbocycles. The first-order valence-electron chi connectivity index (χ1n) is 19.2. The van der Waals surface area contributed by atoms with E-state index < -0.39 is 11.9 Å². The standard InChI is InChI=1S/C23H32O4.C22H30O4/c1-6-7-8-9-16-13-19(24)21(22(25)20(16)23(26)27-5)18-12-15(4)10-11-17(18)14(2)3;1-5-6-7-8-15-12-18(23)20(21(24)19(15)22(25)26)17-11-14(4)9-10-16(17)13(2)3/h12-13,17-18,24-25H,2,6-11H2,1,3-5H3;11-12,16-17,23-24H,2,5-10H2,1,3-4H3,(H,25,26)/t17-,18+;16-,17+/m00/s1. The van der Waals surface area contributed by atoms with E-state index in [0.29, 0.717) is 35.1 Å². The number of rotatable bonds is 14. The van der Waals surface area contributed by atoms with Crippen LogP contribution in [0.1, 0.15) is 161 Å². The van der Waals surface area contributed by atoms with Gasteiger partial charge in [0, 0.05) is 23.0 Å². The second-order valence-electron chi connectivity index (χ2n) is 15.2. The van der Waals surface area contributed by atoms with Crippen LogP contribution in [0.4, 0.5) is 0 Å². The molecule has 0 heterocycles. The Morgan fingerprint density at radius 3 is 1.47 bits per heavy atom. The second-order valence-corrected chi connectivity index (χ2v) is 15.2. The van der Waals surface area contributed by atoms with Gasteiger partial charge in [-0.1, -0.05) is 87.1 Å². The number of phenolic OH excluding ortho intramolecular Hbond substituents is 3. The highest BCUT2D eigenvalue weighted by atomic mass is 16.5. The fraction of sp³-hybridized carbons (Fsp3) is 0.511. The van der Waals surface area contributed by atoms with E-state index in [2.05, 4.69) is 40.0 Å². The predicted octanol–water partition coefficient (Wildman–Crippen LogP) is 11.2. The number of benzene rings is 2. The molecule has 8 heteroatoms. The number of carbonyl (C=O) groups excluding carboxylic acids is 1. The number of aromatic carboxylic acids is 1. The van der Waals surface area contributed by atoms with Crippen molar-refractivity contribution in [1.82, 2.24) is 0 Å². The van der Waals surface area contributed by atoms with E-state index in [9.17, 15) is 35.1 Å². The number of phenols is 4. The molecule has 0 unspecified atom stereocenters. The molecule has 5 N–H and O–H groups in total. The van der Waals surface area contributed by atoms with Crippen molar-refractivity contribution < 1.29 is 39.9 Å². The summed E-state index contributed by atoms with van der Waals surface area (Å²) in [7, 11) is 1.31. The number of carboxylic acids is 1. The monoisotopic (exact) mass is 730 g/mol. The molecule has 0 amide bonds. The van der Waals surface area contributed by atoms with Crippen molar-refractivity contribution in [3.05, 3.63) is 93.1 Å². The lowest BCUT2D eigenvalue weighted by atomic mass is 9.73. The van der Waals surface area contributed by atoms with Crippen LogP contribution >= 0.6 is 0 Å². The summed E-state index contributed by atoms with van der Waals surface area (Å²) in [4.78, 5) is 24.2. The van der Waals surface area contributed by atoms with Gasteiger partial charge in [0.05, 0.1) is 7.11 Å². The van der Waals surface area contributed by atoms with E-state index >= 15 is 0 Å². The molecule has 8 nitrogen and oxygen atoms in total. The third kappa shape index (κ3) is 10.4.